The molecule has 2 amide bonds. The van der Waals surface area contributed by atoms with E-state index in [4.69, 9.17) is 0 Å². The molecule has 0 saturated heterocycles. The summed E-state index contributed by atoms with van der Waals surface area (Å²) in [6.07, 6.45) is 3.40. The number of amides is 2. The lowest BCUT2D eigenvalue weighted by Gasteiger charge is -2.19. The molecule has 0 aliphatic rings. The Hall–Kier alpha value is -3.41. The van der Waals surface area contributed by atoms with Crippen molar-refractivity contribution < 1.29 is 9.59 Å². The normalized spacial score (nSPS) is 11.7. The quantitative estimate of drug-likeness (QED) is 0.471. The van der Waals surface area contributed by atoms with Crippen LogP contribution in [0.5, 0.6) is 0 Å². The van der Waals surface area contributed by atoms with Crippen LogP contribution in [0.3, 0.4) is 0 Å². The van der Waals surface area contributed by atoms with E-state index in [1.165, 1.54) is 0 Å². The lowest BCUT2D eigenvalue weighted by molar-refractivity contribution is -0.120. The van der Waals surface area contributed by atoms with Crippen molar-refractivity contribution in [3.8, 4) is 0 Å². The predicted molar refractivity (Wildman–Crippen MR) is 112 cm³/mol. The van der Waals surface area contributed by atoms with Crippen molar-refractivity contribution in [3.05, 3.63) is 71.4 Å². The molecule has 2 aromatic carbocycles. The number of aromatic amines is 1. The van der Waals surface area contributed by atoms with Crippen molar-refractivity contribution in [1.82, 2.24) is 15.7 Å². The average molecular weight is 376 g/mol. The molecule has 0 spiro atoms. The third kappa shape index (κ3) is 4.65. The Bertz CT molecular complexity index is 1010. The molecule has 0 bridgehead atoms. The van der Waals surface area contributed by atoms with Crippen LogP contribution in [-0.2, 0) is 10.2 Å². The first-order chi connectivity index (χ1) is 13.3. The van der Waals surface area contributed by atoms with Gasteiger partial charge < -0.3 is 10.3 Å². The summed E-state index contributed by atoms with van der Waals surface area (Å²) >= 11 is 0. The number of carbonyl (C=O) groups excluding carboxylic acids is 2. The molecule has 3 rings (SSSR count). The maximum absolute atomic E-state index is 12.2. The lowest BCUT2D eigenvalue weighted by atomic mass is 9.87. The zero-order valence-electron chi connectivity index (χ0n) is 16.2. The first kappa shape index (κ1) is 19.4. The molecule has 6 heteroatoms. The minimum absolute atomic E-state index is 0.0255. The molecule has 0 radical (unpaired) electrons. The highest BCUT2D eigenvalue weighted by atomic mass is 16.2. The molecule has 1 aromatic heterocycles. The number of benzene rings is 2. The van der Waals surface area contributed by atoms with Crippen LogP contribution in [0.1, 0.15) is 42.3 Å². The number of para-hydroxylation sites is 1. The Morgan fingerprint density at radius 2 is 1.79 bits per heavy atom. The first-order valence-corrected chi connectivity index (χ1v) is 9.11. The predicted octanol–water partition coefficient (Wildman–Crippen LogP) is 3.35. The largest absolute Gasteiger partial charge is 0.361 e. The van der Waals surface area contributed by atoms with Crippen molar-refractivity contribution in [2.45, 2.75) is 26.2 Å². The molecular formula is C22H24N4O2. The van der Waals surface area contributed by atoms with Crippen LogP contribution < -0.4 is 10.7 Å². The van der Waals surface area contributed by atoms with Gasteiger partial charge >= 0.3 is 0 Å². The van der Waals surface area contributed by atoms with Crippen LogP contribution >= 0.6 is 0 Å². The van der Waals surface area contributed by atoms with Gasteiger partial charge in [-0.15, -0.1) is 0 Å². The van der Waals surface area contributed by atoms with E-state index < -0.39 is 5.91 Å². The standard InChI is InChI=1S/C22H24N4O2/c1-22(2,3)17-10-8-15(9-11-17)21(28)24-14-20(27)26-25-13-16-12-23-19-7-5-4-6-18(16)19/h4-13,23H,14H2,1-3H3,(H,24,28)(H,26,27). The van der Waals surface area contributed by atoms with E-state index in [1.807, 2.05) is 42.6 Å². The minimum atomic E-state index is -0.393. The van der Waals surface area contributed by atoms with E-state index in [9.17, 15) is 9.59 Å². The third-order valence-corrected chi connectivity index (χ3v) is 4.44. The summed E-state index contributed by atoms with van der Waals surface area (Å²) in [5, 5.41) is 7.58. The highest BCUT2D eigenvalue weighted by Crippen LogP contribution is 2.22. The topological polar surface area (TPSA) is 86.3 Å². The summed E-state index contributed by atoms with van der Waals surface area (Å²) in [7, 11) is 0. The number of hydrogen-bond acceptors (Lipinski definition) is 3. The van der Waals surface area contributed by atoms with Gasteiger partial charge in [-0.1, -0.05) is 51.1 Å². The molecule has 3 aromatic rings. The van der Waals surface area contributed by atoms with Gasteiger partial charge in [0, 0.05) is 28.2 Å². The summed E-state index contributed by atoms with van der Waals surface area (Å²) in [6.45, 7) is 6.20. The Morgan fingerprint density at radius 3 is 2.50 bits per heavy atom. The van der Waals surface area contributed by atoms with Crippen LogP contribution in [-0.4, -0.2) is 29.6 Å². The van der Waals surface area contributed by atoms with Crippen molar-refractivity contribution in [1.29, 1.82) is 0 Å². The molecule has 144 valence electrons. The third-order valence-electron chi connectivity index (χ3n) is 4.44. The van der Waals surface area contributed by atoms with E-state index in [2.05, 4.69) is 41.6 Å². The number of fused-ring (bicyclic) bond motifs is 1. The van der Waals surface area contributed by atoms with Gasteiger partial charge in [-0.05, 0) is 29.2 Å². The van der Waals surface area contributed by atoms with Crippen LogP contribution in [0, 0.1) is 0 Å². The number of nitrogens with one attached hydrogen (secondary N) is 3. The number of hydrogen-bond donors (Lipinski definition) is 3. The number of carbonyl (C=O) groups is 2. The maximum Gasteiger partial charge on any atom is 0.259 e. The SMILES string of the molecule is CC(C)(C)c1ccc(C(=O)NCC(=O)NN=Cc2c[nH]c3ccccc23)cc1. The van der Waals surface area contributed by atoms with Crippen LogP contribution in [0.25, 0.3) is 10.9 Å². The van der Waals surface area contributed by atoms with E-state index in [1.54, 1.807) is 18.3 Å². The lowest BCUT2D eigenvalue weighted by Crippen LogP contribution is -2.34. The van der Waals surface area contributed by atoms with Crippen molar-refractivity contribution >= 4 is 28.9 Å². The summed E-state index contributed by atoms with van der Waals surface area (Å²) in [5.74, 6) is -0.688. The number of H-pyrrole nitrogens is 1. The molecule has 0 saturated carbocycles. The fourth-order valence-electron chi connectivity index (χ4n) is 2.80. The molecule has 0 aliphatic heterocycles. The van der Waals surface area contributed by atoms with Gasteiger partial charge in [-0.2, -0.15) is 5.10 Å². The summed E-state index contributed by atoms with van der Waals surface area (Å²) in [4.78, 5) is 27.2. The Morgan fingerprint density at radius 1 is 1.07 bits per heavy atom. The maximum atomic E-state index is 12.2. The second-order valence-electron chi connectivity index (χ2n) is 7.59. The molecule has 28 heavy (non-hydrogen) atoms. The van der Waals surface area contributed by atoms with E-state index >= 15 is 0 Å². The van der Waals surface area contributed by atoms with Gasteiger partial charge in [0.1, 0.15) is 0 Å². The van der Waals surface area contributed by atoms with E-state index in [0.29, 0.717) is 5.56 Å². The summed E-state index contributed by atoms with van der Waals surface area (Å²) in [5.41, 5.74) is 5.99. The van der Waals surface area contributed by atoms with Gasteiger partial charge in [-0.25, -0.2) is 5.43 Å². The molecule has 0 aliphatic carbocycles. The van der Waals surface area contributed by atoms with Crippen LogP contribution in [0.4, 0.5) is 0 Å². The second kappa shape index (κ2) is 8.08. The fraction of sp³-hybridized carbons (Fsp3) is 0.227. The summed E-state index contributed by atoms with van der Waals surface area (Å²) in [6, 6.07) is 15.2. The number of aromatic nitrogens is 1. The molecule has 3 N–H and O–H groups in total. The van der Waals surface area contributed by atoms with Crippen molar-refractivity contribution in [3.63, 3.8) is 0 Å². The molecule has 6 nitrogen and oxygen atoms in total. The Labute approximate surface area is 164 Å². The molecule has 1 heterocycles. The highest BCUT2D eigenvalue weighted by Gasteiger charge is 2.14. The van der Waals surface area contributed by atoms with E-state index in [-0.39, 0.29) is 17.9 Å². The monoisotopic (exact) mass is 376 g/mol. The molecular weight excluding hydrogens is 352 g/mol. The average Bonchev–Trinajstić information content (AvgIpc) is 3.09. The fourth-order valence-corrected chi connectivity index (χ4v) is 2.80. The van der Waals surface area contributed by atoms with Gasteiger partial charge in [-0.3, -0.25) is 9.59 Å². The molecule has 0 fully saturated rings. The van der Waals surface area contributed by atoms with Gasteiger partial charge in [0.2, 0.25) is 0 Å². The Kier molecular flexibility index (Phi) is 5.59. The minimum Gasteiger partial charge on any atom is -0.361 e. The first-order valence-electron chi connectivity index (χ1n) is 9.11. The molecule has 0 atom stereocenters. The second-order valence-corrected chi connectivity index (χ2v) is 7.59. The van der Waals surface area contributed by atoms with Gasteiger partial charge in [0.25, 0.3) is 11.8 Å². The number of hydrazone groups is 1. The molecule has 0 unspecified atom stereocenters. The van der Waals surface area contributed by atoms with Gasteiger partial charge in [0.05, 0.1) is 12.8 Å². The zero-order valence-corrected chi connectivity index (χ0v) is 16.2. The number of rotatable bonds is 5. The zero-order chi connectivity index (χ0) is 20.1. The highest BCUT2D eigenvalue weighted by molar-refractivity contribution is 5.99. The van der Waals surface area contributed by atoms with Crippen molar-refractivity contribution in [2.24, 2.45) is 5.10 Å². The van der Waals surface area contributed by atoms with Crippen molar-refractivity contribution in [2.75, 3.05) is 6.54 Å². The van der Waals surface area contributed by atoms with E-state index in [0.717, 1.165) is 22.0 Å². The number of nitrogens with zero attached hydrogens (tertiary/aromatic N) is 1. The Balaban J connectivity index is 1.50. The smallest absolute Gasteiger partial charge is 0.259 e. The summed E-state index contributed by atoms with van der Waals surface area (Å²) < 4.78 is 0. The van der Waals surface area contributed by atoms with Gasteiger partial charge in [0.15, 0.2) is 0 Å². The van der Waals surface area contributed by atoms with Crippen LogP contribution in [0.2, 0.25) is 0 Å². The van der Waals surface area contributed by atoms with Crippen LogP contribution in [0.15, 0.2) is 59.8 Å².